The third-order valence-corrected chi connectivity index (χ3v) is 6.37. The molecule has 2 unspecified atom stereocenters. The Labute approximate surface area is 122 Å². The van der Waals surface area contributed by atoms with Crippen molar-refractivity contribution in [2.24, 2.45) is 0 Å². The maximum atomic E-state index is 12.9. The molecule has 1 aliphatic carbocycles. The molecule has 0 aliphatic heterocycles. The first-order valence-electron chi connectivity index (χ1n) is 7.68. The van der Waals surface area contributed by atoms with Crippen LogP contribution in [0.1, 0.15) is 45.4 Å². The Balaban J connectivity index is 2.25. The fourth-order valence-corrected chi connectivity index (χ4v) is 5.02. The molecule has 1 aliphatic rings. The molecule has 0 spiro atoms. The molecule has 0 amide bonds. The lowest BCUT2D eigenvalue weighted by molar-refractivity contribution is 0.450. The standard InChI is InChI=1S/C16H25NO2S/c1-2-13-17-15-11-7-4-8-12-16(15)20(18,19)14-9-5-3-6-10-14/h3,5-6,9-10,15-17H,2,4,7-8,11-13H2,1H3. The second-order valence-corrected chi connectivity index (χ2v) is 7.76. The van der Waals surface area contributed by atoms with E-state index in [1.807, 2.05) is 6.07 Å². The van der Waals surface area contributed by atoms with E-state index in [0.29, 0.717) is 4.90 Å². The van der Waals surface area contributed by atoms with Gasteiger partial charge in [0, 0.05) is 6.04 Å². The fourth-order valence-electron chi connectivity index (χ4n) is 2.99. The van der Waals surface area contributed by atoms with Crippen LogP contribution in [0.25, 0.3) is 0 Å². The predicted molar refractivity (Wildman–Crippen MR) is 82.6 cm³/mol. The van der Waals surface area contributed by atoms with Crippen molar-refractivity contribution in [3.05, 3.63) is 30.3 Å². The fraction of sp³-hybridized carbons (Fsp3) is 0.625. The Hall–Kier alpha value is -0.870. The van der Waals surface area contributed by atoms with Gasteiger partial charge in [-0.1, -0.05) is 44.4 Å². The normalized spacial score (nSPS) is 24.2. The van der Waals surface area contributed by atoms with Gasteiger partial charge in [-0.25, -0.2) is 8.42 Å². The van der Waals surface area contributed by atoms with Crippen molar-refractivity contribution in [1.82, 2.24) is 5.32 Å². The Morgan fingerprint density at radius 2 is 1.80 bits per heavy atom. The molecule has 0 bridgehead atoms. The molecule has 1 fully saturated rings. The van der Waals surface area contributed by atoms with E-state index in [2.05, 4.69) is 12.2 Å². The van der Waals surface area contributed by atoms with Gasteiger partial charge in [0.1, 0.15) is 0 Å². The van der Waals surface area contributed by atoms with E-state index < -0.39 is 9.84 Å². The number of hydrogen-bond donors (Lipinski definition) is 1. The van der Waals surface area contributed by atoms with E-state index in [1.165, 1.54) is 0 Å². The molecule has 20 heavy (non-hydrogen) atoms. The zero-order chi connectivity index (χ0) is 14.4. The lowest BCUT2D eigenvalue weighted by Gasteiger charge is -2.26. The number of nitrogens with one attached hydrogen (secondary N) is 1. The highest BCUT2D eigenvalue weighted by Crippen LogP contribution is 2.28. The van der Waals surface area contributed by atoms with Crippen molar-refractivity contribution in [1.29, 1.82) is 0 Å². The summed E-state index contributed by atoms with van der Waals surface area (Å²) in [5.41, 5.74) is 0. The molecule has 1 aromatic rings. The second kappa shape index (κ2) is 7.23. The molecule has 0 heterocycles. The van der Waals surface area contributed by atoms with E-state index >= 15 is 0 Å². The molecule has 1 aromatic carbocycles. The summed E-state index contributed by atoms with van der Waals surface area (Å²) < 4.78 is 25.7. The highest BCUT2D eigenvalue weighted by atomic mass is 32.2. The van der Waals surface area contributed by atoms with Crippen LogP contribution in [0.3, 0.4) is 0 Å². The molecule has 2 rings (SSSR count). The number of sulfone groups is 1. The Morgan fingerprint density at radius 1 is 1.10 bits per heavy atom. The first-order chi connectivity index (χ1) is 9.66. The first-order valence-corrected chi connectivity index (χ1v) is 9.23. The van der Waals surface area contributed by atoms with Crippen LogP contribution in [0.15, 0.2) is 35.2 Å². The lowest BCUT2D eigenvalue weighted by atomic mass is 10.1. The maximum Gasteiger partial charge on any atom is 0.182 e. The minimum Gasteiger partial charge on any atom is -0.313 e. The highest BCUT2D eigenvalue weighted by Gasteiger charge is 2.34. The maximum absolute atomic E-state index is 12.9. The average molecular weight is 295 g/mol. The van der Waals surface area contributed by atoms with Crippen LogP contribution >= 0.6 is 0 Å². The topological polar surface area (TPSA) is 46.2 Å². The second-order valence-electron chi connectivity index (χ2n) is 5.60. The minimum absolute atomic E-state index is 0.0997. The van der Waals surface area contributed by atoms with Crippen LogP contribution in [0, 0.1) is 0 Å². The lowest BCUT2D eigenvalue weighted by Crippen LogP contribution is -2.43. The Kier molecular flexibility index (Phi) is 5.61. The third-order valence-electron chi connectivity index (χ3n) is 4.08. The van der Waals surface area contributed by atoms with Crippen molar-refractivity contribution >= 4 is 9.84 Å². The van der Waals surface area contributed by atoms with Crippen LogP contribution < -0.4 is 5.32 Å². The Bertz CT molecular complexity index is 498. The number of benzene rings is 1. The molecule has 112 valence electrons. The molecule has 3 nitrogen and oxygen atoms in total. The summed E-state index contributed by atoms with van der Waals surface area (Å²) in [4.78, 5) is 0.468. The van der Waals surface area contributed by atoms with Gasteiger partial charge in [-0.3, -0.25) is 0 Å². The number of hydrogen-bond acceptors (Lipinski definition) is 3. The van der Waals surface area contributed by atoms with Crippen molar-refractivity contribution in [3.63, 3.8) is 0 Å². The van der Waals surface area contributed by atoms with Gasteiger partial charge in [0.25, 0.3) is 0 Å². The van der Waals surface area contributed by atoms with E-state index in [1.54, 1.807) is 24.3 Å². The summed E-state index contributed by atoms with van der Waals surface area (Å²) in [5.74, 6) is 0. The zero-order valence-corrected chi connectivity index (χ0v) is 13.0. The number of rotatable bonds is 5. The van der Waals surface area contributed by atoms with E-state index in [4.69, 9.17) is 0 Å². The summed E-state index contributed by atoms with van der Waals surface area (Å²) in [7, 11) is -3.23. The molecule has 1 N–H and O–H groups in total. The van der Waals surface area contributed by atoms with Gasteiger partial charge < -0.3 is 5.32 Å². The summed E-state index contributed by atoms with van der Waals surface area (Å²) in [6.07, 6.45) is 6.07. The van der Waals surface area contributed by atoms with Gasteiger partial charge in [0.2, 0.25) is 0 Å². The van der Waals surface area contributed by atoms with Gasteiger partial charge in [-0.05, 0) is 37.9 Å². The van der Waals surface area contributed by atoms with Crippen LogP contribution in [-0.4, -0.2) is 26.3 Å². The smallest absolute Gasteiger partial charge is 0.182 e. The summed E-state index contributed by atoms with van der Waals surface area (Å²) in [5, 5.41) is 3.18. The van der Waals surface area contributed by atoms with Crippen molar-refractivity contribution in [3.8, 4) is 0 Å². The Morgan fingerprint density at radius 3 is 2.50 bits per heavy atom. The summed E-state index contributed by atoms with van der Waals surface area (Å²) >= 11 is 0. The molecular formula is C16H25NO2S. The summed E-state index contributed by atoms with van der Waals surface area (Å²) in [6, 6.07) is 9.01. The van der Waals surface area contributed by atoms with E-state index in [9.17, 15) is 8.42 Å². The van der Waals surface area contributed by atoms with Gasteiger partial charge in [0.15, 0.2) is 9.84 Å². The van der Waals surface area contributed by atoms with Crippen molar-refractivity contribution < 1.29 is 8.42 Å². The van der Waals surface area contributed by atoms with Crippen molar-refractivity contribution in [2.75, 3.05) is 6.54 Å². The molecular weight excluding hydrogens is 270 g/mol. The third kappa shape index (κ3) is 3.61. The minimum atomic E-state index is -3.23. The average Bonchev–Trinajstić information content (AvgIpc) is 2.72. The van der Waals surface area contributed by atoms with E-state index in [0.717, 1.165) is 45.1 Å². The molecule has 0 aromatic heterocycles. The van der Waals surface area contributed by atoms with Gasteiger partial charge in [-0.2, -0.15) is 0 Å². The highest BCUT2D eigenvalue weighted by molar-refractivity contribution is 7.92. The monoisotopic (exact) mass is 295 g/mol. The quantitative estimate of drug-likeness (QED) is 0.849. The SMILES string of the molecule is CCCNC1CCCCCC1S(=O)(=O)c1ccccc1. The molecule has 4 heteroatoms. The molecule has 1 saturated carbocycles. The van der Waals surface area contributed by atoms with Crippen LogP contribution in [-0.2, 0) is 9.84 Å². The van der Waals surface area contributed by atoms with Crippen LogP contribution in [0.4, 0.5) is 0 Å². The zero-order valence-electron chi connectivity index (χ0n) is 12.2. The van der Waals surface area contributed by atoms with Crippen LogP contribution in [0.2, 0.25) is 0 Å². The van der Waals surface area contributed by atoms with Gasteiger partial charge in [0.05, 0.1) is 10.1 Å². The van der Waals surface area contributed by atoms with Crippen LogP contribution in [0.5, 0.6) is 0 Å². The molecule has 0 saturated heterocycles. The van der Waals surface area contributed by atoms with E-state index in [-0.39, 0.29) is 11.3 Å². The van der Waals surface area contributed by atoms with Gasteiger partial charge in [-0.15, -0.1) is 0 Å². The largest absolute Gasteiger partial charge is 0.313 e. The first kappa shape index (κ1) is 15.5. The summed E-state index contributed by atoms with van der Waals surface area (Å²) in [6.45, 7) is 3.01. The predicted octanol–water partition coefficient (Wildman–Crippen LogP) is 3.16. The molecule has 2 atom stereocenters. The van der Waals surface area contributed by atoms with Gasteiger partial charge >= 0.3 is 0 Å². The molecule has 0 radical (unpaired) electrons. The van der Waals surface area contributed by atoms with Crippen molar-refractivity contribution in [2.45, 2.75) is 61.6 Å².